The van der Waals surface area contributed by atoms with E-state index in [9.17, 15) is 8.42 Å². The summed E-state index contributed by atoms with van der Waals surface area (Å²) in [6.45, 7) is 5.27. The number of nitrogens with one attached hydrogen (secondary N) is 1. The molecule has 0 bridgehead atoms. The Labute approximate surface area is 127 Å². The van der Waals surface area contributed by atoms with Crippen LogP contribution in [-0.4, -0.2) is 40.2 Å². The van der Waals surface area contributed by atoms with Crippen LogP contribution in [0.2, 0.25) is 0 Å². The molecule has 0 unspecified atom stereocenters. The minimum Gasteiger partial charge on any atom is -0.493 e. The average Bonchev–Trinajstić information content (AvgIpc) is 2.38. The molecule has 0 aliphatic rings. The van der Waals surface area contributed by atoms with Crippen LogP contribution < -0.4 is 14.8 Å². The van der Waals surface area contributed by atoms with Crippen LogP contribution in [-0.2, 0) is 16.4 Å². The zero-order chi connectivity index (χ0) is 15.9. The Morgan fingerprint density at radius 3 is 2.52 bits per heavy atom. The Balaban J connectivity index is 2.49. The zero-order valence-corrected chi connectivity index (χ0v) is 14.0. The first-order chi connectivity index (χ1) is 9.81. The molecule has 0 saturated heterocycles. The van der Waals surface area contributed by atoms with Crippen LogP contribution in [0.25, 0.3) is 0 Å². The monoisotopic (exact) mass is 315 g/mol. The number of benzene rings is 1. The van der Waals surface area contributed by atoms with E-state index in [1.807, 2.05) is 32.0 Å². The molecule has 1 aromatic carbocycles. The van der Waals surface area contributed by atoms with Gasteiger partial charge >= 0.3 is 0 Å². The third-order valence-electron chi connectivity index (χ3n) is 2.79. The van der Waals surface area contributed by atoms with Crippen molar-refractivity contribution in [3.8, 4) is 11.5 Å². The standard InChI is InChI=1S/C15H25NO4S/c1-12(2)20-14-7-6-13(10-15(14)19-3)11-16-8-5-9-21(4,17)18/h6-7,10,12,16H,5,8-9,11H2,1-4H3. The fourth-order valence-corrected chi connectivity index (χ4v) is 2.53. The molecule has 120 valence electrons. The van der Waals surface area contributed by atoms with Gasteiger partial charge in [0.05, 0.1) is 19.0 Å². The number of hydrogen-bond donors (Lipinski definition) is 1. The molecule has 5 nitrogen and oxygen atoms in total. The van der Waals surface area contributed by atoms with E-state index in [4.69, 9.17) is 9.47 Å². The van der Waals surface area contributed by atoms with Gasteiger partial charge in [0.15, 0.2) is 11.5 Å². The van der Waals surface area contributed by atoms with E-state index in [2.05, 4.69) is 5.32 Å². The molecule has 0 radical (unpaired) electrons. The first kappa shape index (κ1) is 17.8. The number of methoxy groups -OCH3 is 1. The van der Waals surface area contributed by atoms with Crippen LogP contribution in [0.3, 0.4) is 0 Å². The number of hydrogen-bond acceptors (Lipinski definition) is 5. The van der Waals surface area contributed by atoms with E-state index in [0.717, 1.165) is 11.3 Å². The molecule has 0 spiro atoms. The highest BCUT2D eigenvalue weighted by Crippen LogP contribution is 2.28. The topological polar surface area (TPSA) is 64.6 Å². The van der Waals surface area contributed by atoms with Crippen molar-refractivity contribution in [1.82, 2.24) is 5.32 Å². The first-order valence-electron chi connectivity index (χ1n) is 7.04. The van der Waals surface area contributed by atoms with E-state index in [0.29, 0.717) is 25.3 Å². The maximum absolute atomic E-state index is 11.0. The highest BCUT2D eigenvalue weighted by molar-refractivity contribution is 7.90. The van der Waals surface area contributed by atoms with Gasteiger partial charge < -0.3 is 14.8 Å². The van der Waals surface area contributed by atoms with E-state index < -0.39 is 9.84 Å². The Morgan fingerprint density at radius 2 is 1.95 bits per heavy atom. The molecule has 0 atom stereocenters. The minimum atomic E-state index is -2.87. The summed E-state index contributed by atoms with van der Waals surface area (Å²) in [7, 11) is -1.26. The highest BCUT2D eigenvalue weighted by Gasteiger charge is 2.07. The summed E-state index contributed by atoms with van der Waals surface area (Å²) < 4.78 is 33.0. The van der Waals surface area contributed by atoms with Gasteiger partial charge in [0, 0.05) is 12.8 Å². The quantitative estimate of drug-likeness (QED) is 0.706. The summed E-state index contributed by atoms with van der Waals surface area (Å²) in [5, 5.41) is 3.23. The molecule has 1 N–H and O–H groups in total. The zero-order valence-electron chi connectivity index (χ0n) is 13.2. The molecular formula is C15H25NO4S. The van der Waals surface area contributed by atoms with Gasteiger partial charge in [0.2, 0.25) is 0 Å². The van der Waals surface area contributed by atoms with Gasteiger partial charge in [-0.25, -0.2) is 8.42 Å². The summed E-state index contributed by atoms with van der Waals surface area (Å²) in [5.74, 6) is 1.65. The van der Waals surface area contributed by atoms with E-state index >= 15 is 0 Å². The maximum atomic E-state index is 11.0. The van der Waals surface area contributed by atoms with E-state index in [1.165, 1.54) is 6.26 Å². The highest BCUT2D eigenvalue weighted by atomic mass is 32.2. The van der Waals surface area contributed by atoms with Crippen molar-refractivity contribution >= 4 is 9.84 Å². The summed E-state index contributed by atoms with van der Waals surface area (Å²) in [5.41, 5.74) is 1.07. The van der Waals surface area contributed by atoms with Crippen molar-refractivity contribution in [2.75, 3.05) is 25.7 Å². The molecule has 0 saturated carbocycles. The molecule has 0 heterocycles. The molecule has 0 aromatic heterocycles. The van der Waals surface area contributed by atoms with Crippen LogP contribution in [0.4, 0.5) is 0 Å². The molecule has 0 amide bonds. The molecule has 1 rings (SSSR count). The molecule has 1 aromatic rings. The summed E-state index contributed by atoms with van der Waals surface area (Å²) in [6.07, 6.45) is 1.97. The SMILES string of the molecule is COc1cc(CNCCCS(C)(=O)=O)ccc1OC(C)C. The Hall–Kier alpha value is -1.27. The van der Waals surface area contributed by atoms with Gasteiger partial charge in [-0.3, -0.25) is 0 Å². The van der Waals surface area contributed by atoms with Crippen LogP contribution in [0.1, 0.15) is 25.8 Å². The second-order valence-corrected chi connectivity index (χ2v) is 7.57. The van der Waals surface area contributed by atoms with Crippen LogP contribution in [0.15, 0.2) is 18.2 Å². The lowest BCUT2D eigenvalue weighted by Crippen LogP contribution is -2.18. The summed E-state index contributed by atoms with van der Waals surface area (Å²) >= 11 is 0. The lowest BCUT2D eigenvalue weighted by atomic mass is 10.2. The van der Waals surface area contributed by atoms with E-state index in [-0.39, 0.29) is 11.9 Å². The summed E-state index contributed by atoms with van der Waals surface area (Å²) in [4.78, 5) is 0. The predicted octanol–water partition coefficient (Wildman–Crippen LogP) is 2.01. The maximum Gasteiger partial charge on any atom is 0.161 e. The van der Waals surface area contributed by atoms with Crippen LogP contribution in [0.5, 0.6) is 11.5 Å². The normalized spacial score (nSPS) is 11.7. The number of ether oxygens (including phenoxy) is 2. The van der Waals surface area contributed by atoms with Gasteiger partial charge in [0.25, 0.3) is 0 Å². The van der Waals surface area contributed by atoms with Crippen molar-refractivity contribution in [3.05, 3.63) is 23.8 Å². The Bertz CT molecular complexity index is 541. The molecular weight excluding hydrogens is 290 g/mol. The number of sulfone groups is 1. The van der Waals surface area contributed by atoms with Crippen molar-refractivity contribution < 1.29 is 17.9 Å². The van der Waals surface area contributed by atoms with Gasteiger partial charge in [-0.1, -0.05) is 6.07 Å². The molecule has 21 heavy (non-hydrogen) atoms. The lowest BCUT2D eigenvalue weighted by molar-refractivity contribution is 0.230. The lowest BCUT2D eigenvalue weighted by Gasteiger charge is -2.14. The van der Waals surface area contributed by atoms with Gasteiger partial charge in [0.1, 0.15) is 9.84 Å². The van der Waals surface area contributed by atoms with Gasteiger partial charge in [-0.2, -0.15) is 0 Å². The fourth-order valence-electron chi connectivity index (χ4n) is 1.87. The predicted molar refractivity (Wildman–Crippen MR) is 84.8 cm³/mol. The summed E-state index contributed by atoms with van der Waals surface area (Å²) in [6, 6.07) is 5.80. The average molecular weight is 315 g/mol. The van der Waals surface area contributed by atoms with Gasteiger partial charge in [-0.15, -0.1) is 0 Å². The van der Waals surface area contributed by atoms with Crippen LogP contribution in [0, 0.1) is 0 Å². The van der Waals surface area contributed by atoms with E-state index in [1.54, 1.807) is 7.11 Å². The Kier molecular flexibility index (Phi) is 6.98. The third-order valence-corrected chi connectivity index (χ3v) is 3.82. The Morgan fingerprint density at radius 1 is 1.24 bits per heavy atom. The van der Waals surface area contributed by atoms with Crippen LogP contribution >= 0.6 is 0 Å². The molecule has 0 aliphatic carbocycles. The smallest absolute Gasteiger partial charge is 0.161 e. The third kappa shape index (κ3) is 7.34. The molecule has 6 heteroatoms. The second kappa shape index (κ2) is 8.24. The molecule has 0 aliphatic heterocycles. The largest absolute Gasteiger partial charge is 0.493 e. The minimum absolute atomic E-state index is 0.0962. The second-order valence-electron chi connectivity index (χ2n) is 5.31. The van der Waals surface area contributed by atoms with Crippen molar-refractivity contribution in [1.29, 1.82) is 0 Å². The number of rotatable bonds is 9. The van der Waals surface area contributed by atoms with Crippen molar-refractivity contribution in [2.24, 2.45) is 0 Å². The van der Waals surface area contributed by atoms with Gasteiger partial charge in [-0.05, 0) is 44.5 Å². The van der Waals surface area contributed by atoms with Crippen molar-refractivity contribution in [3.63, 3.8) is 0 Å². The fraction of sp³-hybridized carbons (Fsp3) is 0.600. The molecule has 0 fully saturated rings. The van der Waals surface area contributed by atoms with Crippen molar-refractivity contribution in [2.45, 2.75) is 32.9 Å². The first-order valence-corrected chi connectivity index (χ1v) is 9.10.